The highest BCUT2D eigenvalue weighted by atomic mass is 32.2. The number of alkyl halides is 3. The van der Waals surface area contributed by atoms with Gasteiger partial charge in [0.15, 0.2) is 0 Å². The van der Waals surface area contributed by atoms with Crippen LogP contribution in [0.3, 0.4) is 0 Å². The summed E-state index contributed by atoms with van der Waals surface area (Å²) in [6.45, 7) is 0. The minimum absolute atomic E-state index is 0.137. The second-order valence-corrected chi connectivity index (χ2v) is 4.83. The van der Waals surface area contributed by atoms with Crippen molar-refractivity contribution in [2.24, 2.45) is 5.73 Å². The van der Waals surface area contributed by atoms with Gasteiger partial charge >= 0.3 is 6.18 Å². The van der Waals surface area contributed by atoms with Gasteiger partial charge in [-0.2, -0.15) is 13.2 Å². The van der Waals surface area contributed by atoms with Gasteiger partial charge in [-0.3, -0.25) is 10.4 Å². The number of hydrogen-bond acceptors (Lipinski definition) is 4. The molecule has 0 unspecified atom stereocenters. The first-order valence-corrected chi connectivity index (χ1v) is 6.19. The molecule has 2 rings (SSSR count). The van der Waals surface area contributed by atoms with Gasteiger partial charge in [-0.25, -0.2) is 4.98 Å². The third-order valence-electron chi connectivity index (χ3n) is 2.35. The Morgan fingerprint density at radius 1 is 1.20 bits per heavy atom. The predicted octanol–water partition coefficient (Wildman–Crippen LogP) is 2.93. The van der Waals surface area contributed by atoms with Crippen LogP contribution >= 0.6 is 11.8 Å². The van der Waals surface area contributed by atoms with Crippen LogP contribution in [0.4, 0.5) is 13.2 Å². The van der Waals surface area contributed by atoms with Crippen LogP contribution in [0, 0.1) is 5.41 Å². The number of amidine groups is 1. The average Bonchev–Trinajstić information content (AvgIpc) is 2.38. The van der Waals surface area contributed by atoms with Crippen molar-refractivity contribution in [3.8, 4) is 0 Å². The van der Waals surface area contributed by atoms with Crippen molar-refractivity contribution in [2.45, 2.75) is 16.1 Å². The first kappa shape index (κ1) is 14.3. The quantitative estimate of drug-likeness (QED) is 0.675. The maximum absolute atomic E-state index is 12.4. The smallest absolute Gasteiger partial charge is 0.384 e. The Balaban J connectivity index is 2.25. The summed E-state index contributed by atoms with van der Waals surface area (Å²) in [6.07, 6.45) is -0.664. The Kier molecular flexibility index (Phi) is 3.93. The lowest BCUT2D eigenvalue weighted by Gasteiger charge is -2.08. The summed E-state index contributed by atoms with van der Waals surface area (Å²) in [5.41, 5.74) is 5.08. The maximum Gasteiger partial charge on any atom is 0.417 e. The van der Waals surface area contributed by atoms with E-state index in [2.05, 4.69) is 9.97 Å². The van der Waals surface area contributed by atoms with Crippen molar-refractivity contribution >= 4 is 17.6 Å². The van der Waals surface area contributed by atoms with Gasteiger partial charge in [-0.15, -0.1) is 0 Å². The highest BCUT2D eigenvalue weighted by Crippen LogP contribution is 2.32. The van der Waals surface area contributed by atoms with Gasteiger partial charge in [0.25, 0.3) is 0 Å². The van der Waals surface area contributed by atoms with Crippen molar-refractivity contribution in [3.05, 3.63) is 47.9 Å². The molecule has 2 aromatic rings. The van der Waals surface area contributed by atoms with Gasteiger partial charge in [-0.05, 0) is 18.2 Å². The fraction of sp³-hybridized carbons (Fsp3) is 0.0833. The van der Waals surface area contributed by atoms with Crippen LogP contribution in [0.5, 0.6) is 0 Å². The normalized spacial score (nSPS) is 11.3. The summed E-state index contributed by atoms with van der Waals surface area (Å²) in [6, 6.07) is 3.79. The Bertz CT molecular complexity index is 625. The number of nitrogens with two attached hydrogens (primary N) is 1. The van der Waals surface area contributed by atoms with Crippen LogP contribution in [0.25, 0.3) is 0 Å². The third kappa shape index (κ3) is 3.27. The summed E-state index contributed by atoms with van der Waals surface area (Å²) < 4.78 is 37.2. The number of aromatic nitrogens is 2. The van der Waals surface area contributed by atoms with E-state index in [0.29, 0.717) is 15.5 Å². The summed E-state index contributed by atoms with van der Waals surface area (Å²) in [5, 5.41) is 7.79. The zero-order valence-electron chi connectivity index (χ0n) is 9.98. The van der Waals surface area contributed by atoms with Gasteiger partial charge in [0, 0.05) is 29.0 Å². The molecule has 0 fully saturated rings. The number of nitrogens with zero attached hydrogens (tertiary/aromatic N) is 2. The molecule has 0 bridgehead atoms. The fourth-order valence-electron chi connectivity index (χ4n) is 1.40. The molecule has 0 amide bonds. The Morgan fingerprint density at radius 3 is 2.50 bits per heavy atom. The summed E-state index contributed by atoms with van der Waals surface area (Å²) >= 11 is 1.10. The van der Waals surface area contributed by atoms with E-state index in [1.54, 1.807) is 6.07 Å². The van der Waals surface area contributed by atoms with E-state index in [1.165, 1.54) is 18.5 Å². The topological polar surface area (TPSA) is 75.7 Å². The van der Waals surface area contributed by atoms with Crippen LogP contribution < -0.4 is 5.73 Å². The molecule has 8 heteroatoms. The van der Waals surface area contributed by atoms with Crippen LogP contribution in [0.1, 0.15) is 11.1 Å². The molecule has 0 aliphatic heterocycles. The van der Waals surface area contributed by atoms with Crippen molar-refractivity contribution in [2.75, 3.05) is 0 Å². The lowest BCUT2D eigenvalue weighted by Crippen LogP contribution is -2.12. The maximum atomic E-state index is 12.4. The SMILES string of the molecule is N=C(N)c1ccncc1Sc1ccc(C(F)(F)F)cn1. The molecule has 0 saturated carbocycles. The molecule has 0 spiro atoms. The zero-order chi connectivity index (χ0) is 14.8. The van der Waals surface area contributed by atoms with Gasteiger partial charge in [0.2, 0.25) is 0 Å². The van der Waals surface area contributed by atoms with E-state index in [-0.39, 0.29) is 5.84 Å². The van der Waals surface area contributed by atoms with E-state index in [1.807, 2.05) is 0 Å². The first-order valence-electron chi connectivity index (χ1n) is 5.37. The fourth-order valence-corrected chi connectivity index (χ4v) is 2.27. The lowest BCUT2D eigenvalue weighted by atomic mass is 10.2. The van der Waals surface area contributed by atoms with Crippen molar-refractivity contribution in [1.82, 2.24) is 9.97 Å². The summed E-state index contributed by atoms with van der Waals surface area (Å²) in [7, 11) is 0. The van der Waals surface area contributed by atoms with Crippen LogP contribution in [0.2, 0.25) is 0 Å². The van der Waals surface area contributed by atoms with E-state index in [0.717, 1.165) is 24.0 Å². The zero-order valence-corrected chi connectivity index (χ0v) is 10.8. The van der Waals surface area contributed by atoms with Crippen molar-refractivity contribution in [1.29, 1.82) is 5.41 Å². The number of nitrogen functional groups attached to an aromatic ring is 1. The van der Waals surface area contributed by atoms with Crippen molar-refractivity contribution < 1.29 is 13.2 Å². The minimum Gasteiger partial charge on any atom is -0.384 e. The second-order valence-electron chi connectivity index (χ2n) is 3.77. The Labute approximate surface area is 116 Å². The summed E-state index contributed by atoms with van der Waals surface area (Å²) in [5.74, 6) is -0.137. The Hall–Kier alpha value is -2.09. The molecule has 0 aliphatic carbocycles. The van der Waals surface area contributed by atoms with E-state index >= 15 is 0 Å². The highest BCUT2D eigenvalue weighted by Gasteiger charge is 2.30. The minimum atomic E-state index is -4.41. The van der Waals surface area contributed by atoms with Crippen molar-refractivity contribution in [3.63, 3.8) is 0 Å². The monoisotopic (exact) mass is 298 g/mol. The van der Waals surface area contributed by atoms with Crippen LogP contribution in [-0.4, -0.2) is 15.8 Å². The molecule has 0 radical (unpaired) electrons. The second kappa shape index (κ2) is 5.49. The molecule has 2 heterocycles. The molecule has 0 aliphatic rings. The lowest BCUT2D eigenvalue weighted by molar-refractivity contribution is -0.137. The molecule has 4 nitrogen and oxygen atoms in total. The van der Waals surface area contributed by atoms with Gasteiger partial charge in [0.05, 0.1) is 5.56 Å². The predicted molar refractivity (Wildman–Crippen MR) is 68.6 cm³/mol. The standard InChI is InChI=1S/C12H9F3N4S/c13-12(14,15)7-1-2-10(19-5-7)20-9-6-18-4-3-8(9)11(16)17/h1-6H,(H3,16,17). The van der Waals surface area contributed by atoms with Crippen LogP contribution in [0.15, 0.2) is 46.7 Å². The molecule has 2 aromatic heterocycles. The number of hydrogen-bond donors (Lipinski definition) is 2. The van der Waals surface area contributed by atoms with Gasteiger partial charge in [-0.1, -0.05) is 11.8 Å². The molecule has 20 heavy (non-hydrogen) atoms. The number of pyridine rings is 2. The van der Waals surface area contributed by atoms with E-state index < -0.39 is 11.7 Å². The molecule has 0 atom stereocenters. The molecule has 0 aromatic carbocycles. The largest absolute Gasteiger partial charge is 0.417 e. The number of halogens is 3. The van der Waals surface area contributed by atoms with E-state index in [9.17, 15) is 13.2 Å². The number of nitrogens with one attached hydrogen (secondary N) is 1. The third-order valence-corrected chi connectivity index (χ3v) is 3.35. The van der Waals surface area contributed by atoms with Gasteiger partial charge < -0.3 is 5.73 Å². The molecular weight excluding hydrogens is 289 g/mol. The molecule has 104 valence electrons. The molecular formula is C12H9F3N4S. The highest BCUT2D eigenvalue weighted by molar-refractivity contribution is 7.99. The summed E-state index contributed by atoms with van der Waals surface area (Å²) in [4.78, 5) is 8.21. The van der Waals surface area contributed by atoms with Gasteiger partial charge in [0.1, 0.15) is 10.9 Å². The average molecular weight is 298 g/mol. The van der Waals surface area contributed by atoms with E-state index in [4.69, 9.17) is 11.1 Å². The molecule has 0 saturated heterocycles. The number of rotatable bonds is 3. The first-order chi connectivity index (χ1) is 9.38. The molecule has 3 N–H and O–H groups in total. The Morgan fingerprint density at radius 2 is 1.95 bits per heavy atom. The van der Waals surface area contributed by atoms with Crippen LogP contribution in [-0.2, 0) is 6.18 Å².